The zero-order valence-corrected chi connectivity index (χ0v) is 11.8. The fourth-order valence-electron chi connectivity index (χ4n) is 1.94. The Balaban J connectivity index is 2.03. The lowest BCUT2D eigenvalue weighted by Crippen LogP contribution is -2.15. The van der Waals surface area contributed by atoms with Crippen molar-refractivity contribution in [1.29, 1.82) is 0 Å². The van der Waals surface area contributed by atoms with Crippen molar-refractivity contribution in [2.75, 3.05) is 24.3 Å². The highest BCUT2D eigenvalue weighted by molar-refractivity contribution is 5.87. The molecule has 0 fully saturated rings. The summed E-state index contributed by atoms with van der Waals surface area (Å²) in [6.45, 7) is 0.629. The summed E-state index contributed by atoms with van der Waals surface area (Å²) in [6.07, 6.45) is 1.83. The van der Waals surface area contributed by atoms with Crippen LogP contribution < -0.4 is 10.2 Å². The van der Waals surface area contributed by atoms with Crippen molar-refractivity contribution < 1.29 is 9.90 Å². The summed E-state index contributed by atoms with van der Waals surface area (Å²) >= 11 is 0. The first-order chi connectivity index (χ1) is 9.49. The highest BCUT2D eigenvalue weighted by Gasteiger charge is 2.08. The average Bonchev–Trinajstić information content (AvgIpc) is 2.78. The lowest BCUT2D eigenvalue weighted by molar-refractivity contribution is 0.0697. The van der Waals surface area contributed by atoms with Gasteiger partial charge < -0.3 is 19.9 Å². The van der Waals surface area contributed by atoms with Crippen molar-refractivity contribution in [3.8, 4) is 0 Å². The number of carboxylic acids is 1. The Morgan fingerprint density at radius 1 is 1.35 bits per heavy atom. The van der Waals surface area contributed by atoms with Gasteiger partial charge in [-0.05, 0) is 24.3 Å². The highest BCUT2D eigenvalue weighted by Crippen LogP contribution is 2.14. The van der Waals surface area contributed by atoms with Crippen molar-refractivity contribution >= 4 is 17.6 Å². The van der Waals surface area contributed by atoms with E-state index in [1.807, 2.05) is 36.8 Å². The van der Waals surface area contributed by atoms with Crippen LogP contribution in [-0.2, 0) is 13.6 Å². The Morgan fingerprint density at radius 2 is 2.00 bits per heavy atom. The molecule has 2 rings (SSSR count). The van der Waals surface area contributed by atoms with Crippen LogP contribution in [0.2, 0.25) is 0 Å². The van der Waals surface area contributed by atoms with E-state index in [0.717, 1.165) is 17.3 Å². The van der Waals surface area contributed by atoms with Crippen molar-refractivity contribution in [3.05, 3.63) is 41.7 Å². The van der Waals surface area contributed by atoms with E-state index in [1.54, 1.807) is 24.3 Å². The third-order valence-electron chi connectivity index (χ3n) is 3.07. The number of imidazole rings is 1. The molecule has 0 saturated carbocycles. The van der Waals surface area contributed by atoms with Gasteiger partial charge >= 0.3 is 5.97 Å². The Morgan fingerprint density at radius 3 is 2.50 bits per heavy atom. The van der Waals surface area contributed by atoms with E-state index in [-0.39, 0.29) is 5.56 Å². The van der Waals surface area contributed by atoms with Crippen LogP contribution in [-0.4, -0.2) is 34.7 Å². The molecule has 0 saturated heterocycles. The normalized spacial score (nSPS) is 10.3. The first-order valence-corrected chi connectivity index (χ1v) is 6.24. The molecule has 0 aliphatic rings. The van der Waals surface area contributed by atoms with E-state index < -0.39 is 5.97 Å². The number of benzene rings is 1. The zero-order chi connectivity index (χ0) is 14.7. The molecule has 0 aliphatic carbocycles. The predicted molar refractivity (Wildman–Crippen MR) is 78.3 cm³/mol. The van der Waals surface area contributed by atoms with Gasteiger partial charge in [0.25, 0.3) is 0 Å². The van der Waals surface area contributed by atoms with E-state index in [2.05, 4.69) is 10.3 Å². The molecule has 0 unspecified atom stereocenters. The number of anilines is 2. The van der Waals surface area contributed by atoms with Crippen LogP contribution in [0, 0.1) is 0 Å². The third kappa shape index (κ3) is 2.90. The SMILES string of the molecule is CN(C)c1ncc(CNc2ccc(C(=O)O)cc2)n1C. The molecule has 0 amide bonds. The molecule has 0 aliphatic heterocycles. The fourth-order valence-corrected chi connectivity index (χ4v) is 1.94. The minimum absolute atomic E-state index is 0.283. The van der Waals surface area contributed by atoms with Gasteiger partial charge in [-0.15, -0.1) is 0 Å². The van der Waals surface area contributed by atoms with Crippen molar-refractivity contribution in [3.63, 3.8) is 0 Å². The van der Waals surface area contributed by atoms with Gasteiger partial charge in [-0.25, -0.2) is 9.78 Å². The van der Waals surface area contributed by atoms with Gasteiger partial charge in [-0.1, -0.05) is 0 Å². The molecule has 0 bridgehead atoms. The maximum Gasteiger partial charge on any atom is 0.335 e. The summed E-state index contributed by atoms with van der Waals surface area (Å²) in [5.41, 5.74) is 2.21. The number of carboxylic acid groups (broad SMARTS) is 1. The van der Waals surface area contributed by atoms with Crippen LogP contribution in [0.3, 0.4) is 0 Å². The number of hydrogen-bond donors (Lipinski definition) is 2. The molecular formula is C14H18N4O2. The third-order valence-corrected chi connectivity index (χ3v) is 3.07. The number of nitrogens with zero attached hydrogens (tertiary/aromatic N) is 3. The standard InChI is InChI=1S/C14H18N4O2/c1-17(2)14-16-9-12(18(14)3)8-15-11-6-4-10(5-7-11)13(19)20/h4-7,9,15H,8H2,1-3H3,(H,19,20). The predicted octanol–water partition coefficient (Wildman–Crippen LogP) is 1.80. The maximum absolute atomic E-state index is 10.8. The zero-order valence-electron chi connectivity index (χ0n) is 11.8. The van der Waals surface area contributed by atoms with E-state index in [0.29, 0.717) is 6.54 Å². The largest absolute Gasteiger partial charge is 0.478 e. The van der Waals surface area contributed by atoms with E-state index in [1.165, 1.54) is 0 Å². The van der Waals surface area contributed by atoms with Crippen LogP contribution in [0.5, 0.6) is 0 Å². The van der Waals surface area contributed by atoms with Gasteiger partial charge in [-0.2, -0.15) is 0 Å². The number of rotatable bonds is 5. The minimum Gasteiger partial charge on any atom is -0.478 e. The van der Waals surface area contributed by atoms with Gasteiger partial charge in [0.05, 0.1) is 24.0 Å². The van der Waals surface area contributed by atoms with Crippen LogP contribution in [0.4, 0.5) is 11.6 Å². The second kappa shape index (κ2) is 5.64. The molecule has 1 heterocycles. The van der Waals surface area contributed by atoms with E-state index in [4.69, 9.17) is 5.11 Å². The van der Waals surface area contributed by atoms with Crippen molar-refractivity contribution in [2.24, 2.45) is 7.05 Å². The molecule has 0 atom stereocenters. The molecule has 2 N–H and O–H groups in total. The molecule has 2 aromatic rings. The van der Waals surface area contributed by atoms with Gasteiger partial charge in [-0.3, -0.25) is 0 Å². The Hall–Kier alpha value is -2.50. The average molecular weight is 274 g/mol. The second-order valence-electron chi connectivity index (χ2n) is 4.74. The number of carbonyl (C=O) groups is 1. The summed E-state index contributed by atoms with van der Waals surface area (Å²) in [4.78, 5) is 17.1. The van der Waals surface area contributed by atoms with E-state index in [9.17, 15) is 4.79 Å². The van der Waals surface area contributed by atoms with Gasteiger partial charge in [0.1, 0.15) is 0 Å². The quantitative estimate of drug-likeness (QED) is 0.870. The number of aromatic nitrogens is 2. The van der Waals surface area contributed by atoms with Crippen LogP contribution in [0.25, 0.3) is 0 Å². The maximum atomic E-state index is 10.8. The topological polar surface area (TPSA) is 70.4 Å². The molecule has 1 aromatic carbocycles. The Bertz CT molecular complexity index is 602. The molecule has 106 valence electrons. The Kier molecular flexibility index (Phi) is 3.93. The molecule has 0 spiro atoms. The first kappa shape index (κ1) is 13.9. The number of hydrogen-bond acceptors (Lipinski definition) is 4. The number of nitrogens with one attached hydrogen (secondary N) is 1. The highest BCUT2D eigenvalue weighted by atomic mass is 16.4. The first-order valence-electron chi connectivity index (χ1n) is 6.24. The monoisotopic (exact) mass is 274 g/mol. The molecule has 0 radical (unpaired) electrons. The van der Waals surface area contributed by atoms with E-state index >= 15 is 0 Å². The number of aromatic carboxylic acids is 1. The second-order valence-corrected chi connectivity index (χ2v) is 4.74. The summed E-state index contributed by atoms with van der Waals surface area (Å²) < 4.78 is 2.01. The summed E-state index contributed by atoms with van der Waals surface area (Å²) in [5.74, 6) is -0.0261. The summed E-state index contributed by atoms with van der Waals surface area (Å²) in [6, 6.07) is 6.68. The fraction of sp³-hybridized carbons (Fsp3) is 0.286. The van der Waals surface area contributed by atoms with Crippen LogP contribution in [0.15, 0.2) is 30.5 Å². The lowest BCUT2D eigenvalue weighted by Gasteiger charge is -2.13. The molecule has 1 aromatic heterocycles. The van der Waals surface area contributed by atoms with Gasteiger partial charge in [0.15, 0.2) is 0 Å². The molecule has 6 nitrogen and oxygen atoms in total. The van der Waals surface area contributed by atoms with Crippen molar-refractivity contribution in [1.82, 2.24) is 9.55 Å². The molecule has 6 heteroatoms. The van der Waals surface area contributed by atoms with Crippen molar-refractivity contribution in [2.45, 2.75) is 6.54 Å². The Labute approximate surface area is 117 Å². The smallest absolute Gasteiger partial charge is 0.335 e. The van der Waals surface area contributed by atoms with Gasteiger partial charge in [0, 0.05) is 26.8 Å². The summed E-state index contributed by atoms with van der Waals surface area (Å²) in [7, 11) is 5.86. The molecular weight excluding hydrogens is 256 g/mol. The van der Waals surface area contributed by atoms with Crippen LogP contribution >= 0.6 is 0 Å². The minimum atomic E-state index is -0.918. The summed E-state index contributed by atoms with van der Waals surface area (Å²) in [5, 5.41) is 12.1. The van der Waals surface area contributed by atoms with Crippen LogP contribution in [0.1, 0.15) is 16.1 Å². The van der Waals surface area contributed by atoms with Gasteiger partial charge in [0.2, 0.25) is 5.95 Å². The molecule has 20 heavy (non-hydrogen) atoms. The lowest BCUT2D eigenvalue weighted by atomic mass is 10.2.